The van der Waals surface area contributed by atoms with Gasteiger partial charge in [-0.05, 0) is 48.9 Å². The normalized spacial score (nSPS) is 12.3. The van der Waals surface area contributed by atoms with Gasteiger partial charge in [0.1, 0.15) is 23.0 Å². The second kappa shape index (κ2) is 12.5. The second-order valence-corrected chi connectivity index (χ2v) is 11.7. The number of aryl methyl sites for hydroxylation is 2. The van der Waals surface area contributed by atoms with Crippen LogP contribution in [-0.2, 0) is 12.8 Å². The van der Waals surface area contributed by atoms with Gasteiger partial charge in [-0.15, -0.1) is 0 Å². The molecule has 0 heterocycles. The summed E-state index contributed by atoms with van der Waals surface area (Å²) in [7, 11) is 0. The van der Waals surface area contributed by atoms with Gasteiger partial charge >= 0.3 is 0 Å². The average molecular weight is 643 g/mol. The largest absolute Gasteiger partial charge is 0.507 e. The Bertz CT molecular complexity index is 2280. The van der Waals surface area contributed by atoms with E-state index < -0.39 is 46.0 Å². The molecule has 0 unspecified atom stereocenters. The molecular formula is C40H34O8. The third-order valence-electron chi connectivity index (χ3n) is 8.77. The summed E-state index contributed by atoms with van der Waals surface area (Å²) in [5.74, 6) is -4.01. The van der Waals surface area contributed by atoms with Crippen molar-refractivity contribution in [2.45, 2.75) is 25.7 Å². The van der Waals surface area contributed by atoms with Gasteiger partial charge < -0.3 is 40.9 Å². The molecule has 0 saturated carbocycles. The molecule has 0 radical (unpaired) electrons. The fourth-order valence-corrected chi connectivity index (χ4v) is 6.33. The van der Waals surface area contributed by atoms with Gasteiger partial charge in [-0.3, -0.25) is 0 Å². The number of rotatable bonds is 7. The first-order chi connectivity index (χ1) is 23.0. The van der Waals surface area contributed by atoms with Crippen LogP contribution in [0.2, 0.25) is 0 Å². The third-order valence-corrected chi connectivity index (χ3v) is 8.77. The van der Waals surface area contributed by atoms with Gasteiger partial charge in [-0.2, -0.15) is 0 Å². The predicted octanol–water partition coefficient (Wildman–Crippen LogP) is 4.95. The molecule has 0 aliphatic carbocycles. The monoisotopic (exact) mass is 642 g/mol. The molecule has 48 heavy (non-hydrogen) atoms. The minimum Gasteiger partial charge on any atom is -0.507 e. The van der Waals surface area contributed by atoms with Crippen LogP contribution >= 0.6 is 0 Å². The van der Waals surface area contributed by atoms with E-state index in [4.69, 9.17) is 0 Å². The molecule has 0 bridgehead atoms. The summed E-state index contributed by atoms with van der Waals surface area (Å²) in [4.78, 5) is 0. The standard InChI is InChI=1S/C40H34O8/c1-21-31(39(47)27-19-29(41)37(45)25(33(27)35(21)43)17-9-15-23-11-5-3-6-12-23)32-22(2)36(44)34-26(18-10-16-24-13-7-4-8-14-24)38(46)30(42)20-28(34)40(32)48/h3-8,11-14,17-20,41-48H,1-2,9-10,15-16H2/b25-17-,26-18-. The van der Waals surface area contributed by atoms with Gasteiger partial charge in [-0.1, -0.05) is 86.0 Å². The first kappa shape index (κ1) is 31.7. The quantitative estimate of drug-likeness (QED) is 0.0896. The summed E-state index contributed by atoms with van der Waals surface area (Å²) in [6.45, 7) is 7.91. The van der Waals surface area contributed by atoms with Crippen molar-refractivity contribution in [3.63, 3.8) is 0 Å². The zero-order valence-corrected chi connectivity index (χ0v) is 25.9. The molecule has 0 spiro atoms. The van der Waals surface area contributed by atoms with E-state index in [0.29, 0.717) is 25.7 Å². The van der Waals surface area contributed by atoms with Gasteiger partial charge in [0, 0.05) is 53.5 Å². The summed E-state index contributed by atoms with van der Waals surface area (Å²) in [6, 6.07) is 21.4. The lowest BCUT2D eigenvalue weighted by Crippen LogP contribution is -2.17. The highest BCUT2D eigenvalue weighted by molar-refractivity contribution is 6.06. The Balaban J connectivity index is 1.57. The molecule has 6 rings (SSSR count). The van der Waals surface area contributed by atoms with Crippen LogP contribution in [0.4, 0.5) is 0 Å². The van der Waals surface area contributed by atoms with Crippen molar-refractivity contribution in [1.29, 1.82) is 0 Å². The van der Waals surface area contributed by atoms with Gasteiger partial charge in [0.05, 0.1) is 0 Å². The first-order valence-electron chi connectivity index (χ1n) is 15.3. The van der Waals surface area contributed by atoms with E-state index in [0.717, 1.165) is 23.3 Å². The SMILES string of the molecule is C=c1c(-c2c(O)c3cc(O)c(O)/c(=C\CCc4ccccc4)c3c(O)c2=C)c(O)c2cc(O)c(O)/c(=C\CCc3ccccc3)c2c1O. The van der Waals surface area contributed by atoms with Gasteiger partial charge in [0.25, 0.3) is 0 Å². The van der Waals surface area contributed by atoms with E-state index in [9.17, 15) is 40.9 Å². The van der Waals surface area contributed by atoms with Crippen LogP contribution in [0.5, 0.6) is 46.0 Å². The lowest BCUT2D eigenvalue weighted by molar-refractivity contribution is 0.401. The molecular weight excluding hydrogens is 608 g/mol. The Morgan fingerprint density at radius 3 is 1.17 bits per heavy atom. The molecule has 8 nitrogen and oxygen atoms in total. The number of fused-ring (bicyclic) bond motifs is 2. The van der Waals surface area contributed by atoms with Crippen LogP contribution in [0, 0.1) is 0 Å². The Hall–Kier alpha value is -6.28. The van der Waals surface area contributed by atoms with Crippen LogP contribution in [0.1, 0.15) is 24.0 Å². The highest BCUT2D eigenvalue weighted by Crippen LogP contribution is 2.44. The summed E-state index contributed by atoms with van der Waals surface area (Å²) in [5, 5.41) is 89.0. The van der Waals surface area contributed by atoms with Crippen molar-refractivity contribution < 1.29 is 40.9 Å². The number of hydrogen-bond acceptors (Lipinski definition) is 8. The van der Waals surface area contributed by atoms with E-state index in [2.05, 4.69) is 13.2 Å². The van der Waals surface area contributed by atoms with E-state index in [1.54, 1.807) is 12.2 Å². The van der Waals surface area contributed by atoms with Crippen molar-refractivity contribution in [1.82, 2.24) is 0 Å². The molecule has 0 fully saturated rings. The van der Waals surface area contributed by atoms with Crippen LogP contribution in [0.15, 0.2) is 72.8 Å². The molecule has 6 aromatic rings. The van der Waals surface area contributed by atoms with Crippen molar-refractivity contribution in [2.75, 3.05) is 0 Å². The molecule has 0 atom stereocenters. The third kappa shape index (κ3) is 5.33. The lowest BCUT2D eigenvalue weighted by atomic mass is 9.90. The smallest absolute Gasteiger partial charge is 0.165 e. The molecule has 8 N–H and O–H groups in total. The minimum absolute atomic E-state index is 0.0255. The van der Waals surface area contributed by atoms with Crippen LogP contribution in [-0.4, -0.2) is 40.9 Å². The summed E-state index contributed by atoms with van der Waals surface area (Å²) < 4.78 is 0. The minimum atomic E-state index is -0.553. The summed E-state index contributed by atoms with van der Waals surface area (Å²) in [5.41, 5.74) is 1.69. The fraction of sp³-hybridized carbons (Fsp3) is 0.100. The average Bonchev–Trinajstić information content (AvgIpc) is 3.08. The van der Waals surface area contributed by atoms with Gasteiger partial charge in [0.15, 0.2) is 23.0 Å². The van der Waals surface area contributed by atoms with E-state index >= 15 is 0 Å². The Kier molecular flexibility index (Phi) is 8.25. The highest BCUT2D eigenvalue weighted by Gasteiger charge is 2.25. The first-order valence-corrected chi connectivity index (χ1v) is 15.3. The van der Waals surface area contributed by atoms with Crippen molar-refractivity contribution >= 4 is 46.9 Å². The molecule has 8 heteroatoms. The number of phenols is 8. The van der Waals surface area contributed by atoms with Gasteiger partial charge in [-0.25, -0.2) is 0 Å². The summed E-state index contributed by atoms with van der Waals surface area (Å²) >= 11 is 0. The molecule has 0 amide bonds. The zero-order valence-electron chi connectivity index (χ0n) is 25.9. The van der Waals surface area contributed by atoms with Crippen molar-refractivity contribution in [2.24, 2.45) is 0 Å². The van der Waals surface area contributed by atoms with Crippen molar-refractivity contribution in [3.8, 4) is 57.1 Å². The molecule has 0 aromatic heterocycles. The Labute approximate surface area is 274 Å². The number of hydrogen-bond donors (Lipinski definition) is 8. The molecule has 0 aliphatic heterocycles. The number of phenolic OH excluding ortho intramolecular Hbond substituents is 8. The molecule has 6 aromatic carbocycles. The maximum atomic E-state index is 11.7. The maximum Gasteiger partial charge on any atom is 0.165 e. The van der Waals surface area contributed by atoms with Crippen molar-refractivity contribution in [3.05, 3.63) is 105 Å². The molecule has 0 saturated heterocycles. The van der Waals surface area contributed by atoms with E-state index in [-0.39, 0.29) is 53.5 Å². The van der Waals surface area contributed by atoms with Crippen LogP contribution in [0.3, 0.4) is 0 Å². The number of benzene rings is 6. The maximum absolute atomic E-state index is 11.7. The van der Waals surface area contributed by atoms with Gasteiger partial charge in [0.2, 0.25) is 0 Å². The number of aromatic hydroxyl groups is 8. The predicted molar refractivity (Wildman–Crippen MR) is 188 cm³/mol. The lowest BCUT2D eigenvalue weighted by Gasteiger charge is -2.18. The van der Waals surface area contributed by atoms with E-state index in [1.165, 1.54) is 0 Å². The molecule has 242 valence electrons. The fourth-order valence-electron chi connectivity index (χ4n) is 6.33. The Morgan fingerprint density at radius 2 is 0.812 bits per heavy atom. The Morgan fingerprint density at radius 1 is 0.458 bits per heavy atom. The molecule has 0 aliphatic rings. The zero-order chi connectivity index (χ0) is 34.3. The van der Waals surface area contributed by atoms with E-state index in [1.807, 2.05) is 60.7 Å². The topological polar surface area (TPSA) is 162 Å². The highest BCUT2D eigenvalue weighted by atomic mass is 16.3. The second-order valence-electron chi connectivity index (χ2n) is 11.7. The van der Waals surface area contributed by atoms with Crippen LogP contribution < -0.4 is 20.9 Å². The van der Waals surface area contributed by atoms with Crippen LogP contribution in [0.25, 0.3) is 58.0 Å². The summed E-state index contributed by atoms with van der Waals surface area (Å²) in [6.07, 6.45) is 5.33.